The van der Waals surface area contributed by atoms with Gasteiger partial charge < -0.3 is 49.1 Å². The highest BCUT2D eigenvalue weighted by molar-refractivity contribution is 5.96. The smallest absolute Gasteiger partial charge is 0.326 e. The molecule has 0 rings (SSSR count). The molecule has 0 aliphatic rings. The van der Waals surface area contributed by atoms with Gasteiger partial charge in [-0.25, -0.2) is 4.79 Å². The lowest BCUT2D eigenvalue weighted by Crippen LogP contribution is -2.58. The van der Waals surface area contributed by atoms with Crippen LogP contribution >= 0.6 is 0 Å². The predicted octanol–water partition coefficient (Wildman–Crippen LogP) is -4.02. The van der Waals surface area contributed by atoms with Crippen LogP contribution in [0.2, 0.25) is 0 Å². The van der Waals surface area contributed by atoms with Gasteiger partial charge in [0.05, 0.1) is 13.0 Å². The van der Waals surface area contributed by atoms with E-state index in [1.807, 2.05) is 0 Å². The molecule has 0 aliphatic heterocycles. The summed E-state index contributed by atoms with van der Waals surface area (Å²) in [4.78, 5) is 60.4. The average Bonchev–Trinajstić information content (AvgIpc) is 2.76. The Bertz CT molecular complexity index is 662. The van der Waals surface area contributed by atoms with Gasteiger partial charge in [-0.15, -0.1) is 0 Å². The number of aliphatic hydroxyl groups is 1. The SMILES string of the molecule is NCCCCC(NC(=O)C(CC(N)=O)NC(=O)C(CCCCN)NC(=O)C(N)CO)C(=O)O. The van der Waals surface area contributed by atoms with Gasteiger partial charge in [0.1, 0.15) is 24.2 Å². The number of unbranched alkanes of at least 4 members (excludes halogenated alkanes) is 2. The molecule has 0 fully saturated rings. The number of rotatable bonds is 18. The maximum atomic E-state index is 12.8. The summed E-state index contributed by atoms with van der Waals surface area (Å²) in [5, 5.41) is 25.4. The van der Waals surface area contributed by atoms with E-state index < -0.39 is 66.8 Å². The second kappa shape index (κ2) is 16.8. The Balaban J connectivity index is 5.41. The van der Waals surface area contributed by atoms with Crippen molar-refractivity contribution in [2.24, 2.45) is 22.9 Å². The first kappa shape index (κ1) is 30.2. The van der Waals surface area contributed by atoms with Crippen LogP contribution in [0.4, 0.5) is 0 Å². The molecular formula is C19H37N7O7. The van der Waals surface area contributed by atoms with Crippen LogP contribution in [-0.4, -0.2) is 83.7 Å². The van der Waals surface area contributed by atoms with Gasteiger partial charge in [0.25, 0.3) is 0 Å². The standard InChI is InChI=1S/C19H37N7O7/c20-7-3-1-5-12(24-16(29)11(22)10-27)17(30)26-14(9-15(23)28)18(31)25-13(19(32)33)6-2-4-8-21/h11-14,27H,1-10,20-22H2,(H2,23,28)(H,24,29)(H,25,31)(H,26,30)(H,32,33). The minimum Gasteiger partial charge on any atom is -0.480 e. The van der Waals surface area contributed by atoms with Crippen molar-refractivity contribution in [1.29, 1.82) is 0 Å². The van der Waals surface area contributed by atoms with Crippen molar-refractivity contribution < 1.29 is 34.2 Å². The molecule has 0 radical (unpaired) electrons. The Labute approximate surface area is 192 Å². The number of carbonyl (C=O) groups is 5. The summed E-state index contributed by atoms with van der Waals surface area (Å²) < 4.78 is 0. The molecule has 0 aromatic carbocycles. The zero-order valence-corrected chi connectivity index (χ0v) is 18.6. The van der Waals surface area contributed by atoms with Gasteiger partial charge in [-0.05, 0) is 51.6 Å². The molecule has 13 N–H and O–H groups in total. The maximum absolute atomic E-state index is 12.8. The quantitative estimate of drug-likeness (QED) is 0.0866. The second-order valence-electron chi connectivity index (χ2n) is 7.55. The fourth-order valence-corrected chi connectivity index (χ4v) is 2.83. The highest BCUT2D eigenvalue weighted by atomic mass is 16.4. The molecule has 0 aromatic rings. The van der Waals surface area contributed by atoms with Crippen molar-refractivity contribution in [1.82, 2.24) is 16.0 Å². The molecule has 190 valence electrons. The largest absolute Gasteiger partial charge is 0.480 e. The van der Waals surface area contributed by atoms with E-state index in [9.17, 15) is 29.1 Å². The van der Waals surface area contributed by atoms with E-state index in [0.29, 0.717) is 38.8 Å². The highest BCUT2D eigenvalue weighted by Gasteiger charge is 2.30. The molecule has 14 nitrogen and oxygen atoms in total. The zero-order valence-electron chi connectivity index (χ0n) is 18.6. The van der Waals surface area contributed by atoms with Crippen molar-refractivity contribution in [2.45, 2.75) is 69.1 Å². The number of carboxylic acid groups (broad SMARTS) is 1. The molecule has 0 aliphatic carbocycles. The molecule has 4 amide bonds. The third kappa shape index (κ3) is 12.7. The van der Waals surface area contributed by atoms with Gasteiger partial charge in [0.15, 0.2) is 0 Å². The van der Waals surface area contributed by atoms with Crippen LogP contribution in [-0.2, 0) is 24.0 Å². The number of carboxylic acids is 1. The third-order valence-corrected chi connectivity index (χ3v) is 4.71. The molecule has 0 aromatic heterocycles. The lowest BCUT2D eigenvalue weighted by Gasteiger charge is -2.24. The Kier molecular flexibility index (Phi) is 15.3. The zero-order chi connectivity index (χ0) is 25.4. The van der Waals surface area contributed by atoms with Crippen molar-refractivity contribution in [2.75, 3.05) is 19.7 Å². The summed E-state index contributed by atoms with van der Waals surface area (Å²) in [5.41, 5.74) is 21.5. The molecule has 0 spiro atoms. The van der Waals surface area contributed by atoms with Crippen LogP contribution in [0, 0.1) is 0 Å². The summed E-state index contributed by atoms with van der Waals surface area (Å²) in [6.07, 6.45) is 1.67. The lowest BCUT2D eigenvalue weighted by molar-refractivity contribution is -0.142. The lowest BCUT2D eigenvalue weighted by atomic mass is 10.1. The van der Waals surface area contributed by atoms with Crippen molar-refractivity contribution in [3.05, 3.63) is 0 Å². The van der Waals surface area contributed by atoms with Crippen LogP contribution in [0.25, 0.3) is 0 Å². The molecule has 4 atom stereocenters. The average molecular weight is 476 g/mol. The van der Waals surface area contributed by atoms with Crippen LogP contribution < -0.4 is 38.9 Å². The fourth-order valence-electron chi connectivity index (χ4n) is 2.83. The number of hydrogen-bond donors (Lipinski definition) is 9. The highest BCUT2D eigenvalue weighted by Crippen LogP contribution is 2.05. The Morgan fingerprint density at radius 1 is 0.727 bits per heavy atom. The van der Waals surface area contributed by atoms with Gasteiger partial charge in [-0.1, -0.05) is 0 Å². The molecule has 0 saturated carbocycles. The molecular weight excluding hydrogens is 438 g/mol. The van der Waals surface area contributed by atoms with E-state index >= 15 is 0 Å². The van der Waals surface area contributed by atoms with Gasteiger partial charge in [0, 0.05) is 0 Å². The normalized spacial score (nSPS) is 14.4. The van der Waals surface area contributed by atoms with Gasteiger partial charge >= 0.3 is 5.97 Å². The number of carbonyl (C=O) groups excluding carboxylic acids is 4. The summed E-state index contributed by atoms with van der Waals surface area (Å²) in [7, 11) is 0. The number of hydrogen-bond acceptors (Lipinski definition) is 9. The molecule has 0 bridgehead atoms. The van der Waals surface area contributed by atoms with E-state index in [1.165, 1.54) is 0 Å². The number of nitrogens with one attached hydrogen (secondary N) is 3. The Morgan fingerprint density at radius 2 is 1.18 bits per heavy atom. The predicted molar refractivity (Wildman–Crippen MR) is 118 cm³/mol. The summed E-state index contributed by atoms with van der Waals surface area (Å²) >= 11 is 0. The van der Waals surface area contributed by atoms with E-state index in [1.54, 1.807) is 0 Å². The topological polar surface area (TPSA) is 266 Å². The van der Waals surface area contributed by atoms with Gasteiger partial charge in [-0.3, -0.25) is 19.2 Å². The first-order valence-corrected chi connectivity index (χ1v) is 10.8. The van der Waals surface area contributed by atoms with Gasteiger partial charge in [0.2, 0.25) is 23.6 Å². The third-order valence-electron chi connectivity index (χ3n) is 4.71. The minimum atomic E-state index is -1.47. The van der Waals surface area contributed by atoms with Crippen LogP contribution in [0.15, 0.2) is 0 Å². The Morgan fingerprint density at radius 3 is 1.64 bits per heavy atom. The summed E-state index contributed by atoms with van der Waals surface area (Å²) in [6, 6.07) is -5.11. The molecule has 33 heavy (non-hydrogen) atoms. The number of primary amides is 1. The maximum Gasteiger partial charge on any atom is 0.326 e. The number of nitrogens with two attached hydrogens (primary N) is 4. The monoisotopic (exact) mass is 475 g/mol. The first-order chi connectivity index (χ1) is 15.6. The molecule has 0 heterocycles. The van der Waals surface area contributed by atoms with E-state index in [4.69, 9.17) is 28.0 Å². The second-order valence-corrected chi connectivity index (χ2v) is 7.55. The van der Waals surface area contributed by atoms with E-state index in [2.05, 4.69) is 16.0 Å². The molecule has 14 heteroatoms. The summed E-state index contributed by atoms with van der Waals surface area (Å²) in [6.45, 7) is 0.0696. The van der Waals surface area contributed by atoms with Crippen molar-refractivity contribution in [3.8, 4) is 0 Å². The van der Waals surface area contributed by atoms with E-state index in [-0.39, 0.29) is 12.8 Å². The van der Waals surface area contributed by atoms with Crippen LogP contribution in [0.5, 0.6) is 0 Å². The minimum absolute atomic E-state index is 0.104. The van der Waals surface area contributed by atoms with Crippen molar-refractivity contribution in [3.63, 3.8) is 0 Å². The fraction of sp³-hybridized carbons (Fsp3) is 0.737. The van der Waals surface area contributed by atoms with Crippen molar-refractivity contribution >= 4 is 29.6 Å². The molecule has 0 saturated heterocycles. The summed E-state index contributed by atoms with van der Waals surface area (Å²) in [5.74, 6) is -4.69. The molecule has 4 unspecified atom stereocenters. The number of amides is 4. The first-order valence-electron chi connectivity index (χ1n) is 10.8. The van der Waals surface area contributed by atoms with E-state index in [0.717, 1.165) is 0 Å². The number of aliphatic carboxylic acids is 1. The van der Waals surface area contributed by atoms with Crippen LogP contribution in [0.3, 0.4) is 0 Å². The Hall–Kier alpha value is -2.81. The number of aliphatic hydroxyl groups excluding tert-OH is 1. The van der Waals surface area contributed by atoms with Crippen LogP contribution in [0.1, 0.15) is 44.9 Å². The van der Waals surface area contributed by atoms with Gasteiger partial charge in [-0.2, -0.15) is 0 Å².